The van der Waals surface area contributed by atoms with Gasteiger partial charge in [-0.2, -0.15) is 0 Å². The molecule has 1 aliphatic rings. The van der Waals surface area contributed by atoms with E-state index in [0.29, 0.717) is 19.0 Å². The number of carboxylic acids is 1. The van der Waals surface area contributed by atoms with E-state index in [1.165, 1.54) is 6.08 Å². The van der Waals surface area contributed by atoms with Crippen molar-refractivity contribution in [3.8, 4) is 0 Å². The minimum atomic E-state index is -1.15. The highest BCUT2D eigenvalue weighted by molar-refractivity contribution is 5.85. The predicted octanol–water partition coefficient (Wildman–Crippen LogP) is 2.91. The lowest BCUT2D eigenvalue weighted by molar-refractivity contribution is -0.131. The summed E-state index contributed by atoms with van der Waals surface area (Å²) < 4.78 is 27.9. The van der Waals surface area contributed by atoms with Crippen molar-refractivity contribution in [2.75, 3.05) is 18.0 Å². The fourth-order valence-electron chi connectivity index (χ4n) is 2.29. The van der Waals surface area contributed by atoms with E-state index in [-0.39, 0.29) is 11.3 Å². The van der Waals surface area contributed by atoms with Gasteiger partial charge in [0.25, 0.3) is 0 Å². The first-order valence-electron chi connectivity index (χ1n) is 6.12. The molecule has 19 heavy (non-hydrogen) atoms. The second kappa shape index (κ2) is 5.38. The van der Waals surface area contributed by atoms with Gasteiger partial charge in [0, 0.05) is 19.2 Å². The summed E-state index contributed by atoms with van der Waals surface area (Å²) >= 11 is 0. The number of hydrogen-bond donors (Lipinski definition) is 1. The van der Waals surface area contributed by atoms with Crippen molar-refractivity contribution in [1.29, 1.82) is 0 Å². The Labute approximate surface area is 110 Å². The number of aliphatic carboxylic acids is 1. The Kier molecular flexibility index (Phi) is 3.83. The van der Waals surface area contributed by atoms with Gasteiger partial charge in [-0.3, -0.25) is 0 Å². The van der Waals surface area contributed by atoms with Crippen molar-refractivity contribution >= 4 is 17.7 Å². The van der Waals surface area contributed by atoms with Gasteiger partial charge in [-0.1, -0.05) is 6.92 Å². The monoisotopic (exact) mass is 267 g/mol. The number of carboxylic acid groups (broad SMARTS) is 1. The third-order valence-corrected chi connectivity index (χ3v) is 3.20. The van der Waals surface area contributed by atoms with Crippen molar-refractivity contribution in [2.24, 2.45) is 5.92 Å². The molecule has 0 amide bonds. The molecular weight excluding hydrogens is 252 g/mol. The lowest BCUT2D eigenvalue weighted by atomic mass is 10.1. The summed E-state index contributed by atoms with van der Waals surface area (Å²) in [6.07, 6.45) is 2.94. The standard InChI is InChI=1S/C14H15F2NO2/c1-9-4-5-17(8-9)14-11(15)6-10(7-12(14)16)2-3-13(18)19/h2-3,6-7,9H,4-5,8H2,1H3,(H,18,19). The summed E-state index contributed by atoms with van der Waals surface area (Å²) in [5.41, 5.74) is 0.185. The molecule has 0 spiro atoms. The summed E-state index contributed by atoms with van der Waals surface area (Å²) in [5, 5.41) is 8.49. The lowest BCUT2D eigenvalue weighted by Gasteiger charge is -2.20. The molecule has 1 aromatic rings. The highest BCUT2D eigenvalue weighted by Gasteiger charge is 2.24. The molecule has 1 aromatic carbocycles. The molecule has 1 atom stereocenters. The summed E-state index contributed by atoms with van der Waals surface area (Å²) in [6.45, 7) is 3.32. The Balaban J connectivity index is 2.29. The molecule has 1 aliphatic heterocycles. The lowest BCUT2D eigenvalue weighted by Crippen LogP contribution is -2.21. The Morgan fingerprint density at radius 1 is 1.42 bits per heavy atom. The maximum atomic E-state index is 14.0. The number of benzene rings is 1. The van der Waals surface area contributed by atoms with Crippen LogP contribution in [0.5, 0.6) is 0 Å². The van der Waals surface area contributed by atoms with Crippen LogP contribution in [0.15, 0.2) is 18.2 Å². The molecule has 0 bridgehead atoms. The van der Waals surface area contributed by atoms with E-state index in [0.717, 1.165) is 24.6 Å². The molecule has 5 heteroatoms. The van der Waals surface area contributed by atoms with Crippen LogP contribution in [-0.2, 0) is 4.79 Å². The third-order valence-electron chi connectivity index (χ3n) is 3.20. The van der Waals surface area contributed by atoms with Gasteiger partial charge < -0.3 is 10.0 Å². The van der Waals surface area contributed by atoms with Crippen molar-refractivity contribution in [1.82, 2.24) is 0 Å². The SMILES string of the molecule is CC1CCN(c2c(F)cc(C=CC(=O)O)cc2F)C1. The van der Waals surface area contributed by atoms with Gasteiger partial charge in [-0.25, -0.2) is 13.6 Å². The van der Waals surface area contributed by atoms with Gasteiger partial charge in [0.2, 0.25) is 0 Å². The van der Waals surface area contributed by atoms with Crippen LogP contribution in [0.25, 0.3) is 6.08 Å². The van der Waals surface area contributed by atoms with E-state index in [9.17, 15) is 13.6 Å². The molecule has 1 fully saturated rings. The molecular formula is C14H15F2NO2. The number of carbonyl (C=O) groups is 1. The van der Waals surface area contributed by atoms with Gasteiger partial charge in [0.15, 0.2) is 0 Å². The fraction of sp³-hybridized carbons (Fsp3) is 0.357. The molecule has 1 N–H and O–H groups in total. The average Bonchev–Trinajstić information content (AvgIpc) is 2.72. The maximum absolute atomic E-state index is 14.0. The number of rotatable bonds is 3. The Morgan fingerprint density at radius 2 is 2.05 bits per heavy atom. The van der Waals surface area contributed by atoms with Gasteiger partial charge in [-0.05, 0) is 36.1 Å². The minimum absolute atomic E-state index is 0.0168. The van der Waals surface area contributed by atoms with Crippen molar-refractivity contribution in [2.45, 2.75) is 13.3 Å². The second-order valence-corrected chi connectivity index (χ2v) is 4.84. The first-order chi connectivity index (χ1) is 8.97. The molecule has 0 radical (unpaired) electrons. The van der Waals surface area contributed by atoms with Crippen LogP contribution in [0.3, 0.4) is 0 Å². The zero-order valence-electron chi connectivity index (χ0n) is 10.6. The molecule has 2 rings (SSSR count). The van der Waals surface area contributed by atoms with Crippen molar-refractivity contribution in [3.63, 3.8) is 0 Å². The smallest absolute Gasteiger partial charge is 0.328 e. The second-order valence-electron chi connectivity index (χ2n) is 4.84. The van der Waals surface area contributed by atoms with Crippen LogP contribution >= 0.6 is 0 Å². The predicted molar refractivity (Wildman–Crippen MR) is 69.0 cm³/mol. The Bertz CT molecular complexity index is 505. The largest absolute Gasteiger partial charge is 0.478 e. The number of nitrogens with zero attached hydrogens (tertiary/aromatic N) is 1. The molecule has 0 saturated carbocycles. The topological polar surface area (TPSA) is 40.5 Å². The first kappa shape index (κ1) is 13.5. The van der Waals surface area contributed by atoms with Crippen LogP contribution in [0.4, 0.5) is 14.5 Å². The molecule has 1 heterocycles. The van der Waals surface area contributed by atoms with Gasteiger partial charge in [-0.15, -0.1) is 0 Å². The van der Waals surface area contributed by atoms with Crippen molar-refractivity contribution < 1.29 is 18.7 Å². The van der Waals surface area contributed by atoms with Gasteiger partial charge in [0.1, 0.15) is 17.3 Å². The van der Waals surface area contributed by atoms with Crippen LogP contribution < -0.4 is 4.90 Å². The highest BCUT2D eigenvalue weighted by atomic mass is 19.1. The molecule has 1 saturated heterocycles. The zero-order valence-corrected chi connectivity index (χ0v) is 10.6. The quantitative estimate of drug-likeness (QED) is 0.856. The Hall–Kier alpha value is -1.91. The normalized spacial score (nSPS) is 19.3. The number of halogens is 2. The summed E-state index contributed by atoms with van der Waals surface area (Å²) in [6, 6.07) is 2.31. The van der Waals surface area contributed by atoms with Gasteiger partial charge in [0.05, 0.1) is 0 Å². The molecule has 0 aromatic heterocycles. The van der Waals surface area contributed by atoms with Crippen LogP contribution in [0, 0.1) is 17.6 Å². The van der Waals surface area contributed by atoms with Crippen molar-refractivity contribution in [3.05, 3.63) is 35.4 Å². The van der Waals surface area contributed by atoms with Gasteiger partial charge >= 0.3 is 5.97 Å². The molecule has 3 nitrogen and oxygen atoms in total. The van der Waals surface area contributed by atoms with E-state index in [1.54, 1.807) is 4.90 Å². The fourth-order valence-corrected chi connectivity index (χ4v) is 2.29. The van der Waals surface area contributed by atoms with Crippen LogP contribution in [0.1, 0.15) is 18.9 Å². The van der Waals surface area contributed by atoms with E-state index in [4.69, 9.17) is 5.11 Å². The minimum Gasteiger partial charge on any atom is -0.478 e. The molecule has 102 valence electrons. The molecule has 1 unspecified atom stereocenters. The Morgan fingerprint density at radius 3 is 2.53 bits per heavy atom. The number of anilines is 1. The van der Waals surface area contributed by atoms with Crippen LogP contribution in [0.2, 0.25) is 0 Å². The maximum Gasteiger partial charge on any atom is 0.328 e. The third kappa shape index (κ3) is 3.10. The summed E-state index contributed by atoms with van der Waals surface area (Å²) in [5.74, 6) is -2.04. The van der Waals surface area contributed by atoms with Crippen LogP contribution in [-0.4, -0.2) is 24.2 Å². The van der Waals surface area contributed by atoms with E-state index < -0.39 is 17.6 Å². The zero-order chi connectivity index (χ0) is 14.0. The van der Waals surface area contributed by atoms with E-state index in [1.807, 2.05) is 6.92 Å². The average molecular weight is 267 g/mol. The van der Waals surface area contributed by atoms with E-state index in [2.05, 4.69) is 0 Å². The van der Waals surface area contributed by atoms with E-state index >= 15 is 0 Å². The summed E-state index contributed by atoms with van der Waals surface area (Å²) in [4.78, 5) is 12.1. The summed E-state index contributed by atoms with van der Waals surface area (Å²) in [7, 11) is 0. The highest BCUT2D eigenvalue weighted by Crippen LogP contribution is 2.30. The number of hydrogen-bond acceptors (Lipinski definition) is 2. The first-order valence-corrected chi connectivity index (χ1v) is 6.12. The molecule has 0 aliphatic carbocycles.